The van der Waals surface area contributed by atoms with Crippen LogP contribution in [0.2, 0.25) is 0 Å². The Morgan fingerprint density at radius 3 is 2.65 bits per heavy atom. The summed E-state index contributed by atoms with van der Waals surface area (Å²) >= 11 is 0. The van der Waals surface area contributed by atoms with Crippen molar-refractivity contribution in [2.75, 3.05) is 0 Å². The molecule has 4 aromatic rings. The fourth-order valence-electron chi connectivity index (χ4n) is 3.56. The lowest BCUT2D eigenvalue weighted by Gasteiger charge is -2.15. The minimum absolute atomic E-state index is 0.734. The predicted octanol–water partition coefficient (Wildman–Crippen LogP) is 4.95. The summed E-state index contributed by atoms with van der Waals surface area (Å²) in [4.78, 5) is 4.65. The SMILES string of the molecule is [2H]C(C)(C)c1cccc(-n2c[n+](C)c3ccccc32)c1-c1cc(C)ccn1. The van der Waals surface area contributed by atoms with Crippen LogP contribution in [0.3, 0.4) is 0 Å². The molecule has 0 saturated carbocycles. The highest BCUT2D eigenvalue weighted by molar-refractivity contribution is 5.80. The molecule has 0 aliphatic heterocycles. The molecule has 0 amide bonds. The maximum Gasteiger partial charge on any atom is 0.249 e. The number of para-hydroxylation sites is 2. The summed E-state index contributed by atoms with van der Waals surface area (Å²) in [5.74, 6) is -0.734. The highest BCUT2D eigenvalue weighted by Gasteiger charge is 2.22. The smallest absolute Gasteiger partial charge is 0.249 e. The van der Waals surface area contributed by atoms with Gasteiger partial charge in [0, 0.05) is 7.57 Å². The second kappa shape index (κ2) is 6.41. The van der Waals surface area contributed by atoms with Gasteiger partial charge < -0.3 is 0 Å². The van der Waals surface area contributed by atoms with E-state index in [9.17, 15) is 0 Å². The van der Waals surface area contributed by atoms with Crippen LogP contribution in [0, 0.1) is 6.92 Å². The van der Waals surface area contributed by atoms with Gasteiger partial charge >= 0.3 is 0 Å². The molecule has 0 N–H and O–H groups in total. The molecular formula is C23H24N3+. The number of aromatic nitrogens is 3. The van der Waals surface area contributed by atoms with Crippen LogP contribution in [0.4, 0.5) is 0 Å². The standard InChI is InChI=1S/C23H24N3/c1-16(2)18-8-7-11-22(23(18)19-14-17(3)12-13-24-19)26-15-25(4)20-9-5-6-10-21(20)26/h5-16H,1-4H3/q+1/i16D. The monoisotopic (exact) mass is 343 g/mol. The summed E-state index contributed by atoms with van der Waals surface area (Å²) in [7, 11) is 2.06. The van der Waals surface area contributed by atoms with Crippen molar-refractivity contribution in [1.29, 1.82) is 0 Å². The number of imidazole rings is 1. The van der Waals surface area contributed by atoms with Crippen LogP contribution in [0.5, 0.6) is 0 Å². The highest BCUT2D eigenvalue weighted by Crippen LogP contribution is 2.34. The molecule has 0 saturated heterocycles. The normalized spacial score (nSPS) is 12.4. The van der Waals surface area contributed by atoms with Gasteiger partial charge in [0.15, 0.2) is 11.0 Å². The molecule has 3 nitrogen and oxygen atoms in total. The van der Waals surface area contributed by atoms with Crippen molar-refractivity contribution in [3.63, 3.8) is 0 Å². The van der Waals surface area contributed by atoms with Crippen molar-refractivity contribution >= 4 is 11.0 Å². The number of aryl methyl sites for hydroxylation is 2. The molecule has 0 aliphatic carbocycles. The summed E-state index contributed by atoms with van der Waals surface area (Å²) in [5, 5.41) is 0. The summed E-state index contributed by atoms with van der Waals surface area (Å²) in [5.41, 5.74) is 7.39. The van der Waals surface area contributed by atoms with Gasteiger partial charge in [-0.2, -0.15) is 4.57 Å². The molecule has 2 heterocycles. The zero-order chi connectivity index (χ0) is 19.2. The quantitative estimate of drug-likeness (QED) is 0.482. The van der Waals surface area contributed by atoms with Crippen molar-refractivity contribution < 1.29 is 5.94 Å². The topological polar surface area (TPSA) is 21.7 Å². The number of hydrogen-bond donors (Lipinski definition) is 0. The van der Waals surface area contributed by atoms with Crippen LogP contribution in [-0.2, 0) is 7.05 Å². The van der Waals surface area contributed by atoms with Gasteiger partial charge in [0.1, 0.15) is 5.69 Å². The number of fused-ring (bicyclic) bond motifs is 1. The summed E-state index contributed by atoms with van der Waals surface area (Å²) < 4.78 is 13.0. The van der Waals surface area contributed by atoms with E-state index in [4.69, 9.17) is 1.37 Å². The van der Waals surface area contributed by atoms with E-state index in [1.54, 1.807) is 0 Å². The van der Waals surface area contributed by atoms with E-state index >= 15 is 0 Å². The molecule has 4 rings (SSSR count). The number of pyridine rings is 1. The Bertz CT molecular complexity index is 1140. The van der Waals surface area contributed by atoms with Gasteiger partial charge in [-0.3, -0.25) is 4.98 Å². The molecule has 26 heavy (non-hydrogen) atoms. The number of rotatable bonds is 3. The van der Waals surface area contributed by atoms with Gasteiger partial charge in [0.25, 0.3) is 0 Å². The Kier molecular flexibility index (Phi) is 3.78. The fraction of sp³-hybridized carbons (Fsp3) is 0.217. The first-order valence-corrected chi connectivity index (χ1v) is 8.89. The number of hydrogen-bond acceptors (Lipinski definition) is 1. The number of benzene rings is 2. The van der Waals surface area contributed by atoms with Gasteiger partial charge in [-0.05, 0) is 54.3 Å². The van der Waals surface area contributed by atoms with Crippen LogP contribution in [0.1, 0.15) is 32.2 Å². The molecule has 2 aromatic carbocycles. The van der Waals surface area contributed by atoms with E-state index in [0.29, 0.717) is 0 Å². The molecule has 2 aromatic heterocycles. The van der Waals surface area contributed by atoms with E-state index in [1.165, 1.54) is 0 Å². The summed E-state index contributed by atoms with van der Waals surface area (Å²) in [6.45, 7) is 5.93. The minimum atomic E-state index is -0.734. The van der Waals surface area contributed by atoms with E-state index < -0.39 is 5.89 Å². The maximum atomic E-state index is 8.70. The van der Waals surface area contributed by atoms with Crippen molar-refractivity contribution in [3.05, 3.63) is 78.2 Å². The molecule has 0 unspecified atom stereocenters. The van der Waals surface area contributed by atoms with Crippen LogP contribution in [-0.4, -0.2) is 9.55 Å². The van der Waals surface area contributed by atoms with Crippen LogP contribution in [0.25, 0.3) is 28.0 Å². The van der Waals surface area contributed by atoms with Gasteiger partial charge in [0.05, 0.1) is 18.3 Å². The average molecular weight is 343 g/mol. The lowest BCUT2D eigenvalue weighted by atomic mass is 9.93. The first-order valence-electron chi connectivity index (χ1n) is 9.39. The van der Waals surface area contributed by atoms with E-state index in [-0.39, 0.29) is 0 Å². The van der Waals surface area contributed by atoms with Crippen molar-refractivity contribution in [2.24, 2.45) is 7.05 Å². The summed E-state index contributed by atoms with van der Waals surface area (Å²) in [6.07, 6.45) is 3.94. The van der Waals surface area contributed by atoms with Crippen LogP contribution in [0.15, 0.2) is 67.1 Å². The summed E-state index contributed by atoms with van der Waals surface area (Å²) in [6, 6.07) is 18.6. The molecule has 0 bridgehead atoms. The maximum absolute atomic E-state index is 8.70. The zero-order valence-corrected chi connectivity index (χ0v) is 15.7. The molecule has 0 spiro atoms. The largest absolute Gasteiger partial charge is 0.256 e. The van der Waals surface area contributed by atoms with Crippen LogP contribution < -0.4 is 4.57 Å². The van der Waals surface area contributed by atoms with E-state index in [2.05, 4.69) is 70.8 Å². The lowest BCUT2D eigenvalue weighted by Crippen LogP contribution is -2.25. The second-order valence-corrected chi connectivity index (χ2v) is 7.00. The van der Waals surface area contributed by atoms with Crippen molar-refractivity contribution in [2.45, 2.75) is 26.7 Å². The third-order valence-electron chi connectivity index (χ3n) is 4.82. The lowest BCUT2D eigenvalue weighted by molar-refractivity contribution is -0.645. The van der Waals surface area contributed by atoms with Gasteiger partial charge in [-0.15, -0.1) is 0 Å². The first kappa shape index (κ1) is 15.3. The Labute approximate surface area is 156 Å². The van der Waals surface area contributed by atoms with Crippen molar-refractivity contribution in [1.82, 2.24) is 9.55 Å². The van der Waals surface area contributed by atoms with Gasteiger partial charge in [0.2, 0.25) is 6.33 Å². The Balaban J connectivity index is 2.10. The molecular weight excluding hydrogens is 318 g/mol. The van der Waals surface area contributed by atoms with E-state index in [0.717, 1.165) is 39.1 Å². The zero-order valence-electron chi connectivity index (χ0n) is 16.7. The average Bonchev–Trinajstić information content (AvgIpc) is 2.97. The van der Waals surface area contributed by atoms with Gasteiger partial charge in [-0.25, -0.2) is 4.57 Å². The molecule has 0 atom stereocenters. The first-order chi connectivity index (χ1) is 12.9. The molecule has 0 aliphatic rings. The van der Waals surface area contributed by atoms with Crippen molar-refractivity contribution in [3.8, 4) is 16.9 Å². The Hall–Kier alpha value is -2.94. The number of nitrogens with zero attached hydrogens (tertiary/aromatic N) is 3. The molecule has 0 radical (unpaired) electrons. The third kappa shape index (κ3) is 2.70. The third-order valence-corrected chi connectivity index (χ3v) is 4.82. The molecule has 130 valence electrons. The van der Waals surface area contributed by atoms with E-state index in [1.807, 2.05) is 38.2 Å². The Morgan fingerprint density at radius 1 is 1.08 bits per heavy atom. The van der Waals surface area contributed by atoms with Crippen LogP contribution >= 0.6 is 0 Å². The molecule has 0 fully saturated rings. The van der Waals surface area contributed by atoms with Gasteiger partial charge in [-0.1, -0.05) is 38.1 Å². The Morgan fingerprint density at radius 2 is 1.88 bits per heavy atom. The fourth-order valence-corrected chi connectivity index (χ4v) is 3.56. The predicted molar refractivity (Wildman–Crippen MR) is 107 cm³/mol. The minimum Gasteiger partial charge on any atom is -0.256 e. The highest BCUT2D eigenvalue weighted by atomic mass is 15.1. The second-order valence-electron chi connectivity index (χ2n) is 7.00. The molecule has 3 heteroatoms.